The molecule has 0 aliphatic carbocycles. The van der Waals surface area contributed by atoms with Crippen molar-refractivity contribution in [2.75, 3.05) is 19.5 Å². The highest BCUT2D eigenvalue weighted by molar-refractivity contribution is 7.80. The summed E-state index contributed by atoms with van der Waals surface area (Å²) in [5.74, 6) is 0.754. The molecule has 0 saturated carbocycles. The van der Waals surface area contributed by atoms with E-state index in [1.54, 1.807) is 31.5 Å². The number of halogens is 2. The third-order valence-corrected chi connectivity index (χ3v) is 5.21. The van der Waals surface area contributed by atoms with Gasteiger partial charge in [-0.05, 0) is 78.4 Å². The van der Waals surface area contributed by atoms with Crippen molar-refractivity contribution in [3.8, 4) is 17.2 Å². The average Bonchev–Trinajstić information content (AvgIpc) is 2.82. The summed E-state index contributed by atoms with van der Waals surface area (Å²) in [4.78, 5) is 12.4. The van der Waals surface area contributed by atoms with E-state index < -0.39 is 5.97 Å². The lowest BCUT2D eigenvalue weighted by Crippen LogP contribution is -2.23. The van der Waals surface area contributed by atoms with Crippen LogP contribution in [0.3, 0.4) is 0 Å². The van der Waals surface area contributed by atoms with Crippen LogP contribution in [-0.4, -0.2) is 31.5 Å². The van der Waals surface area contributed by atoms with Gasteiger partial charge in [0.15, 0.2) is 16.6 Å². The monoisotopic (exact) mass is 503 g/mol. The predicted octanol–water partition coefficient (Wildman–Crippen LogP) is 5.55. The summed E-state index contributed by atoms with van der Waals surface area (Å²) >= 11 is 17.1. The number of ether oxygens (including phenoxy) is 3. The molecule has 0 spiro atoms. The van der Waals surface area contributed by atoms with Crippen molar-refractivity contribution in [3.05, 3.63) is 81.8 Å². The van der Waals surface area contributed by atoms with Gasteiger partial charge in [0, 0.05) is 5.69 Å². The second-order valence-electron chi connectivity index (χ2n) is 6.48. The Morgan fingerprint density at radius 2 is 1.70 bits per heavy atom. The molecule has 0 radical (unpaired) electrons. The highest BCUT2D eigenvalue weighted by atomic mass is 35.5. The molecule has 33 heavy (non-hydrogen) atoms. The number of hydrogen-bond donors (Lipinski definition) is 2. The van der Waals surface area contributed by atoms with E-state index in [1.165, 1.54) is 25.3 Å². The first-order valence-corrected chi connectivity index (χ1v) is 10.7. The van der Waals surface area contributed by atoms with Crippen LogP contribution in [0.1, 0.15) is 15.9 Å². The number of carbonyl (C=O) groups excluding carboxylic acids is 1. The van der Waals surface area contributed by atoms with Gasteiger partial charge >= 0.3 is 5.97 Å². The van der Waals surface area contributed by atoms with Gasteiger partial charge in [-0.25, -0.2) is 4.79 Å². The molecular formula is C23H19Cl2N3O4S. The summed E-state index contributed by atoms with van der Waals surface area (Å²) in [6, 6.07) is 16.8. The van der Waals surface area contributed by atoms with Crippen molar-refractivity contribution >= 4 is 58.4 Å². The van der Waals surface area contributed by atoms with Gasteiger partial charge in [0.2, 0.25) is 0 Å². The maximum atomic E-state index is 12.4. The largest absolute Gasteiger partial charge is 0.497 e. The minimum atomic E-state index is -0.593. The normalized spacial score (nSPS) is 10.5. The molecule has 170 valence electrons. The summed E-state index contributed by atoms with van der Waals surface area (Å²) < 4.78 is 15.9. The van der Waals surface area contributed by atoms with E-state index in [0.29, 0.717) is 21.4 Å². The topological polar surface area (TPSA) is 81.2 Å². The first-order valence-electron chi connectivity index (χ1n) is 9.49. The lowest BCUT2D eigenvalue weighted by molar-refractivity contribution is 0.0729. The van der Waals surface area contributed by atoms with Crippen LogP contribution in [0, 0.1) is 0 Å². The lowest BCUT2D eigenvalue weighted by atomic mass is 10.2. The van der Waals surface area contributed by atoms with Crippen LogP contribution in [0.5, 0.6) is 17.2 Å². The number of benzene rings is 3. The van der Waals surface area contributed by atoms with Crippen LogP contribution in [0.4, 0.5) is 5.69 Å². The zero-order chi connectivity index (χ0) is 23.8. The Morgan fingerprint density at radius 3 is 2.36 bits per heavy atom. The van der Waals surface area contributed by atoms with Crippen LogP contribution in [0.2, 0.25) is 10.0 Å². The average molecular weight is 504 g/mol. The minimum absolute atomic E-state index is 0.246. The van der Waals surface area contributed by atoms with Crippen molar-refractivity contribution in [2.45, 2.75) is 0 Å². The maximum absolute atomic E-state index is 12.4. The number of rotatable bonds is 7. The minimum Gasteiger partial charge on any atom is -0.497 e. The summed E-state index contributed by atoms with van der Waals surface area (Å²) in [5, 5.41) is 8.04. The van der Waals surface area contributed by atoms with E-state index in [4.69, 9.17) is 49.6 Å². The fourth-order valence-electron chi connectivity index (χ4n) is 2.63. The molecule has 0 bridgehead atoms. The van der Waals surface area contributed by atoms with E-state index >= 15 is 0 Å². The number of hydrogen-bond acceptors (Lipinski definition) is 6. The smallest absolute Gasteiger partial charge is 0.343 e. The van der Waals surface area contributed by atoms with E-state index in [9.17, 15) is 4.79 Å². The van der Waals surface area contributed by atoms with Crippen molar-refractivity contribution in [1.29, 1.82) is 0 Å². The Bertz CT molecular complexity index is 1190. The zero-order valence-electron chi connectivity index (χ0n) is 17.6. The molecule has 7 nitrogen and oxygen atoms in total. The molecule has 0 heterocycles. The second-order valence-corrected chi connectivity index (χ2v) is 7.70. The lowest BCUT2D eigenvalue weighted by Gasteiger charge is -2.10. The third-order valence-electron chi connectivity index (χ3n) is 4.27. The zero-order valence-corrected chi connectivity index (χ0v) is 19.9. The number of nitrogens with zero attached hydrogens (tertiary/aromatic N) is 1. The Morgan fingerprint density at radius 1 is 0.939 bits per heavy atom. The summed E-state index contributed by atoms with van der Waals surface area (Å²) in [6.07, 6.45) is 1.55. The van der Waals surface area contributed by atoms with E-state index in [0.717, 1.165) is 11.4 Å². The van der Waals surface area contributed by atoms with E-state index in [1.807, 2.05) is 24.3 Å². The molecule has 10 heteroatoms. The number of esters is 1. The Kier molecular flexibility index (Phi) is 8.48. The molecular weight excluding hydrogens is 485 g/mol. The molecule has 0 aliphatic rings. The molecule has 2 N–H and O–H groups in total. The summed E-state index contributed by atoms with van der Waals surface area (Å²) in [7, 11) is 3.07. The first kappa shape index (κ1) is 24.3. The standard InChI is InChI=1S/C23H19Cl2N3O4S/c1-30-17-7-5-16(6-8-17)27-23(33)28-26-13-14-3-10-20(21(11-14)31-2)32-22(29)15-4-9-18(24)19(25)12-15/h3-13H,1-2H3,(H2,27,28,33)/b26-13+. The van der Waals surface area contributed by atoms with Gasteiger partial charge in [-0.2, -0.15) is 5.10 Å². The van der Waals surface area contributed by atoms with Gasteiger partial charge in [-0.3, -0.25) is 5.43 Å². The highest BCUT2D eigenvalue weighted by Crippen LogP contribution is 2.29. The van der Waals surface area contributed by atoms with Gasteiger partial charge in [0.25, 0.3) is 0 Å². The van der Waals surface area contributed by atoms with E-state index in [-0.39, 0.29) is 16.3 Å². The molecule has 0 aliphatic heterocycles. The Balaban J connectivity index is 1.61. The van der Waals surface area contributed by atoms with Crippen molar-refractivity contribution in [2.24, 2.45) is 5.10 Å². The van der Waals surface area contributed by atoms with Gasteiger partial charge in [-0.15, -0.1) is 0 Å². The summed E-state index contributed by atoms with van der Waals surface area (Å²) in [5.41, 5.74) is 4.48. The quantitative estimate of drug-likeness (QED) is 0.144. The third kappa shape index (κ3) is 6.82. The number of thiocarbonyl (C=S) groups is 1. The molecule has 0 aromatic heterocycles. The van der Waals surface area contributed by atoms with Crippen molar-refractivity contribution in [3.63, 3.8) is 0 Å². The SMILES string of the molecule is COc1ccc(NC(=S)N/N=C/c2ccc(OC(=O)c3ccc(Cl)c(Cl)c3)c(OC)c2)cc1. The number of nitrogens with one attached hydrogen (secondary N) is 2. The number of hydrazone groups is 1. The van der Waals surface area contributed by atoms with Gasteiger partial charge in [0.1, 0.15) is 5.75 Å². The van der Waals surface area contributed by atoms with Crippen LogP contribution < -0.4 is 25.0 Å². The molecule has 3 rings (SSSR count). The van der Waals surface area contributed by atoms with Crippen LogP contribution in [0.25, 0.3) is 0 Å². The number of carbonyl (C=O) groups is 1. The molecule has 0 amide bonds. The van der Waals surface area contributed by atoms with Gasteiger partial charge in [-0.1, -0.05) is 23.2 Å². The molecule has 3 aromatic rings. The van der Waals surface area contributed by atoms with Crippen molar-refractivity contribution < 1.29 is 19.0 Å². The van der Waals surface area contributed by atoms with Crippen LogP contribution in [-0.2, 0) is 0 Å². The second kappa shape index (κ2) is 11.5. The number of anilines is 1. The maximum Gasteiger partial charge on any atom is 0.343 e. The van der Waals surface area contributed by atoms with Crippen LogP contribution in [0.15, 0.2) is 65.8 Å². The molecule has 0 saturated heterocycles. The molecule has 3 aromatic carbocycles. The van der Waals surface area contributed by atoms with Crippen molar-refractivity contribution in [1.82, 2.24) is 5.43 Å². The Hall–Kier alpha value is -3.33. The fourth-order valence-corrected chi connectivity index (χ4v) is 3.10. The Labute approximate surface area is 206 Å². The molecule has 0 unspecified atom stereocenters. The first-order chi connectivity index (χ1) is 15.9. The van der Waals surface area contributed by atoms with Crippen LogP contribution >= 0.6 is 35.4 Å². The molecule has 0 fully saturated rings. The summed E-state index contributed by atoms with van der Waals surface area (Å²) in [6.45, 7) is 0. The predicted molar refractivity (Wildman–Crippen MR) is 134 cm³/mol. The molecule has 0 atom stereocenters. The highest BCUT2D eigenvalue weighted by Gasteiger charge is 2.14. The van der Waals surface area contributed by atoms with E-state index in [2.05, 4.69) is 15.8 Å². The van der Waals surface area contributed by atoms with Gasteiger partial charge in [0.05, 0.1) is 36.0 Å². The number of methoxy groups -OCH3 is 2. The fraction of sp³-hybridized carbons (Fsp3) is 0.0870. The van der Waals surface area contributed by atoms with Gasteiger partial charge < -0.3 is 19.5 Å².